The van der Waals surface area contributed by atoms with Crippen LogP contribution in [0.2, 0.25) is 0 Å². The van der Waals surface area contributed by atoms with Gasteiger partial charge in [0, 0.05) is 18.7 Å². The summed E-state index contributed by atoms with van der Waals surface area (Å²) in [5, 5.41) is 19.0. The van der Waals surface area contributed by atoms with Crippen molar-refractivity contribution in [3.05, 3.63) is 35.4 Å². The molecule has 0 heterocycles. The van der Waals surface area contributed by atoms with Gasteiger partial charge in [0.2, 0.25) is 0 Å². The highest BCUT2D eigenvalue weighted by Gasteiger charge is 2.20. The van der Waals surface area contributed by atoms with Crippen molar-refractivity contribution in [3.63, 3.8) is 0 Å². The molecule has 0 bridgehead atoms. The maximum absolute atomic E-state index is 12.5. The summed E-state index contributed by atoms with van der Waals surface area (Å²) < 4.78 is 0. The molecule has 1 aromatic rings. The quantitative estimate of drug-likeness (QED) is 0.875. The predicted octanol–water partition coefficient (Wildman–Crippen LogP) is 2.19. The van der Waals surface area contributed by atoms with Crippen LogP contribution in [-0.4, -0.2) is 46.3 Å². The van der Waals surface area contributed by atoms with Gasteiger partial charge in [-0.3, -0.25) is 4.79 Å². The van der Waals surface area contributed by atoms with Gasteiger partial charge in [-0.15, -0.1) is 0 Å². The fourth-order valence-corrected chi connectivity index (χ4v) is 2.17. The van der Waals surface area contributed by atoms with Gasteiger partial charge in [0.15, 0.2) is 0 Å². The van der Waals surface area contributed by atoms with Crippen molar-refractivity contribution in [2.75, 3.05) is 13.1 Å². The largest absolute Gasteiger partial charge is 0.392 e. The van der Waals surface area contributed by atoms with Crippen molar-refractivity contribution >= 4 is 5.91 Å². The van der Waals surface area contributed by atoms with E-state index in [1.165, 1.54) is 4.90 Å². The van der Waals surface area contributed by atoms with Crippen LogP contribution in [0.1, 0.15) is 50.5 Å². The zero-order valence-electron chi connectivity index (χ0n) is 13.6. The van der Waals surface area contributed by atoms with Gasteiger partial charge in [0.25, 0.3) is 5.91 Å². The SMILES string of the molecule is CC(O)CN(CC(C)O)C(=O)c1ccc(C(C)(C)C)cc1. The lowest BCUT2D eigenvalue weighted by Gasteiger charge is -2.26. The third kappa shape index (κ3) is 5.48. The molecule has 2 unspecified atom stereocenters. The van der Waals surface area contributed by atoms with E-state index < -0.39 is 12.2 Å². The van der Waals surface area contributed by atoms with Gasteiger partial charge in [-0.1, -0.05) is 32.9 Å². The Hall–Kier alpha value is -1.39. The van der Waals surface area contributed by atoms with E-state index in [0.29, 0.717) is 5.56 Å². The third-order valence-electron chi connectivity index (χ3n) is 3.25. The monoisotopic (exact) mass is 293 g/mol. The number of aliphatic hydroxyl groups is 2. The average Bonchev–Trinajstić information content (AvgIpc) is 2.35. The van der Waals surface area contributed by atoms with Crippen molar-refractivity contribution in [1.29, 1.82) is 0 Å². The van der Waals surface area contributed by atoms with Crippen LogP contribution in [-0.2, 0) is 5.41 Å². The molecule has 2 N–H and O–H groups in total. The Morgan fingerprint density at radius 2 is 1.48 bits per heavy atom. The van der Waals surface area contributed by atoms with Crippen LogP contribution in [0.15, 0.2) is 24.3 Å². The number of rotatable bonds is 5. The number of benzene rings is 1. The van der Waals surface area contributed by atoms with Gasteiger partial charge in [-0.05, 0) is 37.0 Å². The summed E-state index contributed by atoms with van der Waals surface area (Å²) >= 11 is 0. The molecule has 0 fully saturated rings. The average molecular weight is 293 g/mol. The Balaban J connectivity index is 2.93. The Labute approximate surface area is 127 Å². The lowest BCUT2D eigenvalue weighted by Crippen LogP contribution is -2.40. The zero-order valence-corrected chi connectivity index (χ0v) is 13.6. The molecule has 0 aliphatic rings. The molecule has 4 heteroatoms. The van der Waals surface area contributed by atoms with E-state index in [1.807, 2.05) is 12.1 Å². The Bertz CT molecular complexity index is 448. The van der Waals surface area contributed by atoms with E-state index in [4.69, 9.17) is 0 Å². The minimum Gasteiger partial charge on any atom is -0.392 e. The fourth-order valence-electron chi connectivity index (χ4n) is 2.17. The van der Waals surface area contributed by atoms with E-state index >= 15 is 0 Å². The summed E-state index contributed by atoms with van der Waals surface area (Å²) in [5.74, 6) is -0.169. The molecule has 2 atom stereocenters. The second kappa shape index (κ2) is 7.05. The van der Waals surface area contributed by atoms with Crippen molar-refractivity contribution < 1.29 is 15.0 Å². The molecular weight excluding hydrogens is 266 g/mol. The molecule has 0 aromatic heterocycles. The maximum Gasteiger partial charge on any atom is 0.254 e. The first-order chi connectivity index (χ1) is 9.61. The van der Waals surface area contributed by atoms with Crippen LogP contribution < -0.4 is 0 Å². The van der Waals surface area contributed by atoms with Crippen LogP contribution in [0.5, 0.6) is 0 Å². The van der Waals surface area contributed by atoms with Crippen LogP contribution >= 0.6 is 0 Å². The van der Waals surface area contributed by atoms with Crippen molar-refractivity contribution in [2.45, 2.75) is 52.2 Å². The van der Waals surface area contributed by atoms with Gasteiger partial charge in [-0.2, -0.15) is 0 Å². The molecule has 118 valence electrons. The standard InChI is InChI=1S/C17H27NO3/c1-12(19)10-18(11-13(2)20)16(21)14-6-8-15(9-7-14)17(3,4)5/h6-9,12-13,19-20H,10-11H2,1-5H3. The van der Waals surface area contributed by atoms with Crippen LogP contribution in [0.25, 0.3) is 0 Å². The fraction of sp³-hybridized carbons (Fsp3) is 0.588. The highest BCUT2D eigenvalue weighted by atomic mass is 16.3. The van der Waals surface area contributed by atoms with Gasteiger partial charge in [-0.25, -0.2) is 0 Å². The first-order valence-electron chi connectivity index (χ1n) is 7.37. The summed E-state index contributed by atoms with van der Waals surface area (Å²) in [6, 6.07) is 7.52. The predicted molar refractivity (Wildman–Crippen MR) is 84.4 cm³/mol. The van der Waals surface area contributed by atoms with E-state index in [1.54, 1.807) is 26.0 Å². The molecule has 1 amide bonds. The summed E-state index contributed by atoms with van der Waals surface area (Å²) in [6.45, 7) is 10.1. The molecule has 0 aliphatic heterocycles. The Morgan fingerprint density at radius 1 is 1.05 bits per heavy atom. The lowest BCUT2D eigenvalue weighted by atomic mass is 9.86. The first-order valence-corrected chi connectivity index (χ1v) is 7.37. The molecule has 0 saturated heterocycles. The number of carbonyl (C=O) groups is 1. The van der Waals surface area contributed by atoms with E-state index in [2.05, 4.69) is 20.8 Å². The van der Waals surface area contributed by atoms with Crippen molar-refractivity contribution in [2.24, 2.45) is 0 Å². The summed E-state index contributed by atoms with van der Waals surface area (Å²) in [7, 11) is 0. The van der Waals surface area contributed by atoms with Crippen LogP contribution in [0.3, 0.4) is 0 Å². The molecular formula is C17H27NO3. The molecule has 0 aliphatic carbocycles. The summed E-state index contributed by atoms with van der Waals surface area (Å²) in [6.07, 6.45) is -1.25. The maximum atomic E-state index is 12.5. The Kier molecular flexibility index (Phi) is 5.93. The van der Waals surface area contributed by atoms with Crippen molar-refractivity contribution in [3.8, 4) is 0 Å². The number of hydrogen-bond acceptors (Lipinski definition) is 3. The zero-order chi connectivity index (χ0) is 16.2. The van der Waals surface area contributed by atoms with Gasteiger partial charge < -0.3 is 15.1 Å². The van der Waals surface area contributed by atoms with Gasteiger partial charge in [0.05, 0.1) is 12.2 Å². The topological polar surface area (TPSA) is 60.8 Å². The summed E-state index contributed by atoms with van der Waals surface area (Å²) in [4.78, 5) is 14.0. The normalized spacial score (nSPS) is 14.6. The molecule has 4 nitrogen and oxygen atoms in total. The third-order valence-corrected chi connectivity index (χ3v) is 3.25. The number of nitrogens with zero attached hydrogens (tertiary/aromatic N) is 1. The van der Waals surface area contributed by atoms with Gasteiger partial charge >= 0.3 is 0 Å². The molecule has 1 aromatic carbocycles. The second-order valence-corrected chi connectivity index (χ2v) is 6.74. The molecule has 0 spiro atoms. The number of carbonyl (C=O) groups excluding carboxylic acids is 1. The number of hydrogen-bond donors (Lipinski definition) is 2. The van der Waals surface area contributed by atoms with Crippen molar-refractivity contribution in [1.82, 2.24) is 4.90 Å². The molecule has 21 heavy (non-hydrogen) atoms. The highest BCUT2D eigenvalue weighted by molar-refractivity contribution is 5.94. The highest BCUT2D eigenvalue weighted by Crippen LogP contribution is 2.22. The summed E-state index contributed by atoms with van der Waals surface area (Å²) in [5.41, 5.74) is 1.78. The Morgan fingerprint density at radius 3 is 1.81 bits per heavy atom. The number of amides is 1. The van der Waals surface area contributed by atoms with E-state index in [0.717, 1.165) is 5.56 Å². The molecule has 0 saturated carbocycles. The van der Waals surface area contributed by atoms with Crippen LogP contribution in [0.4, 0.5) is 0 Å². The smallest absolute Gasteiger partial charge is 0.254 e. The van der Waals surface area contributed by atoms with Gasteiger partial charge in [0.1, 0.15) is 0 Å². The second-order valence-electron chi connectivity index (χ2n) is 6.74. The van der Waals surface area contributed by atoms with E-state index in [-0.39, 0.29) is 24.4 Å². The molecule has 1 rings (SSSR count). The number of aliphatic hydroxyl groups excluding tert-OH is 2. The van der Waals surface area contributed by atoms with Crippen LogP contribution in [0, 0.1) is 0 Å². The molecule has 0 radical (unpaired) electrons. The lowest BCUT2D eigenvalue weighted by molar-refractivity contribution is 0.0518. The first kappa shape index (κ1) is 17.7. The minimum atomic E-state index is -0.624. The minimum absolute atomic E-state index is 0.0422. The van der Waals surface area contributed by atoms with E-state index in [9.17, 15) is 15.0 Å².